The monoisotopic (exact) mass is 402 g/mol. The van der Waals surface area contributed by atoms with Crippen LogP contribution in [0.15, 0.2) is 60.7 Å². The number of aryl methyl sites for hydroxylation is 1. The van der Waals surface area contributed by atoms with Crippen LogP contribution in [0.5, 0.6) is 0 Å². The first-order valence-electron chi connectivity index (χ1n) is 10.9. The lowest BCUT2D eigenvalue weighted by molar-refractivity contribution is 0.277. The van der Waals surface area contributed by atoms with Crippen molar-refractivity contribution < 1.29 is 0 Å². The molecule has 1 saturated heterocycles. The van der Waals surface area contributed by atoms with Crippen LogP contribution in [-0.2, 0) is 12.8 Å². The molecule has 1 aromatic heterocycles. The summed E-state index contributed by atoms with van der Waals surface area (Å²) >= 11 is 0. The van der Waals surface area contributed by atoms with Crippen molar-refractivity contribution in [2.45, 2.75) is 39.0 Å². The lowest BCUT2D eigenvalue weighted by Gasteiger charge is -2.20. The van der Waals surface area contributed by atoms with Gasteiger partial charge in [0.05, 0.1) is 5.69 Å². The van der Waals surface area contributed by atoms with Crippen LogP contribution in [0.1, 0.15) is 47.5 Å². The fourth-order valence-electron chi connectivity index (χ4n) is 3.71. The quantitative estimate of drug-likeness (QED) is 0.644. The Kier molecular flexibility index (Phi) is 8.40. The fourth-order valence-corrected chi connectivity index (χ4v) is 3.71. The lowest BCUT2D eigenvalue weighted by atomic mass is 10.1. The van der Waals surface area contributed by atoms with Crippen molar-refractivity contribution >= 4 is 5.82 Å². The van der Waals surface area contributed by atoms with Crippen LogP contribution >= 0.6 is 0 Å². The van der Waals surface area contributed by atoms with Crippen molar-refractivity contribution in [1.82, 2.24) is 14.9 Å². The molecule has 158 valence electrons. The number of aromatic nitrogens is 2. The number of nitrogens with zero attached hydrogens (tertiary/aromatic N) is 3. The molecule has 1 aliphatic heterocycles. The summed E-state index contributed by atoms with van der Waals surface area (Å²) in [7, 11) is 4.09. The number of nitrogens with one attached hydrogen (secondary N) is 1. The Balaban J connectivity index is 0.000000310. The van der Waals surface area contributed by atoms with E-state index in [9.17, 15) is 0 Å². The summed E-state index contributed by atoms with van der Waals surface area (Å²) in [6.45, 7) is 4.75. The third kappa shape index (κ3) is 7.27. The van der Waals surface area contributed by atoms with Gasteiger partial charge in [-0.1, -0.05) is 66.6 Å². The normalized spacial score (nSPS) is 14.0. The van der Waals surface area contributed by atoms with Crippen LogP contribution in [0.2, 0.25) is 0 Å². The molecule has 1 aliphatic rings. The van der Waals surface area contributed by atoms with Gasteiger partial charge in [-0.3, -0.25) is 0 Å². The highest BCUT2D eigenvalue weighted by molar-refractivity contribution is 5.38. The predicted octanol–water partition coefficient (Wildman–Crippen LogP) is 5.11. The maximum Gasteiger partial charge on any atom is 0.135 e. The molecule has 2 heterocycles. The maximum atomic E-state index is 4.75. The molecule has 0 saturated carbocycles. The number of benzene rings is 2. The highest BCUT2D eigenvalue weighted by Gasteiger charge is 2.06. The molecule has 4 nitrogen and oxygen atoms in total. The lowest BCUT2D eigenvalue weighted by Crippen LogP contribution is -2.24. The predicted molar refractivity (Wildman–Crippen MR) is 126 cm³/mol. The van der Waals surface area contributed by atoms with Gasteiger partial charge in [0, 0.05) is 26.0 Å². The minimum absolute atomic E-state index is 0.747. The van der Waals surface area contributed by atoms with E-state index in [0.29, 0.717) is 0 Å². The number of anilines is 1. The SMILES string of the molecule is CN1CCCCC1.CNc1cc(Cc2cccc(C)c2)nc(Cc2ccccc2)n1. The molecule has 2 aromatic carbocycles. The van der Waals surface area contributed by atoms with Crippen LogP contribution in [0, 0.1) is 6.92 Å². The summed E-state index contributed by atoms with van der Waals surface area (Å²) in [4.78, 5) is 11.7. The zero-order valence-corrected chi connectivity index (χ0v) is 18.6. The molecule has 0 amide bonds. The molecule has 0 radical (unpaired) electrons. The Morgan fingerprint density at radius 3 is 2.20 bits per heavy atom. The first-order valence-corrected chi connectivity index (χ1v) is 10.9. The number of hydrogen-bond donors (Lipinski definition) is 1. The topological polar surface area (TPSA) is 41.0 Å². The van der Waals surface area contributed by atoms with E-state index in [2.05, 4.69) is 65.6 Å². The molecule has 4 heteroatoms. The summed E-state index contributed by atoms with van der Waals surface area (Å²) in [5.41, 5.74) is 4.81. The minimum atomic E-state index is 0.747. The molecule has 1 N–H and O–H groups in total. The number of rotatable bonds is 5. The summed E-state index contributed by atoms with van der Waals surface area (Å²) in [5.74, 6) is 1.72. The molecule has 0 unspecified atom stereocenters. The van der Waals surface area contributed by atoms with Crippen molar-refractivity contribution in [2.24, 2.45) is 0 Å². The van der Waals surface area contributed by atoms with Crippen molar-refractivity contribution in [2.75, 3.05) is 32.5 Å². The van der Waals surface area contributed by atoms with Gasteiger partial charge in [0.15, 0.2) is 0 Å². The Hall–Kier alpha value is -2.72. The van der Waals surface area contributed by atoms with Crippen LogP contribution < -0.4 is 5.32 Å². The van der Waals surface area contributed by atoms with E-state index in [4.69, 9.17) is 4.98 Å². The van der Waals surface area contributed by atoms with Gasteiger partial charge in [0.1, 0.15) is 11.6 Å². The third-order valence-corrected chi connectivity index (χ3v) is 5.33. The summed E-state index contributed by atoms with van der Waals surface area (Å²) < 4.78 is 0. The van der Waals surface area contributed by atoms with Crippen molar-refractivity contribution in [3.05, 3.63) is 88.9 Å². The molecule has 0 atom stereocenters. The van der Waals surface area contributed by atoms with Crippen molar-refractivity contribution in [1.29, 1.82) is 0 Å². The van der Waals surface area contributed by atoms with Gasteiger partial charge in [-0.2, -0.15) is 0 Å². The fraction of sp³-hybridized carbons (Fsp3) is 0.385. The molecule has 3 aromatic rings. The van der Waals surface area contributed by atoms with Crippen LogP contribution in [0.25, 0.3) is 0 Å². The summed E-state index contributed by atoms with van der Waals surface area (Å²) in [5, 5.41) is 3.14. The average molecular weight is 403 g/mol. The average Bonchev–Trinajstić information content (AvgIpc) is 2.75. The van der Waals surface area contributed by atoms with Gasteiger partial charge in [0.25, 0.3) is 0 Å². The van der Waals surface area contributed by atoms with Crippen LogP contribution in [-0.4, -0.2) is 42.1 Å². The first-order chi connectivity index (χ1) is 14.6. The van der Waals surface area contributed by atoms with Gasteiger partial charge >= 0.3 is 0 Å². The van der Waals surface area contributed by atoms with Crippen molar-refractivity contribution in [3.8, 4) is 0 Å². The van der Waals surface area contributed by atoms with Crippen LogP contribution in [0.4, 0.5) is 5.82 Å². The van der Waals surface area contributed by atoms with Crippen LogP contribution in [0.3, 0.4) is 0 Å². The van der Waals surface area contributed by atoms with E-state index >= 15 is 0 Å². The zero-order valence-electron chi connectivity index (χ0n) is 18.6. The molecular weight excluding hydrogens is 368 g/mol. The standard InChI is InChI=1S/C20H21N3.C6H13N/c1-15-7-6-10-17(11-15)12-18-14-19(21-2)23-20(22-18)13-16-8-4-3-5-9-16;1-7-5-3-2-4-6-7/h3-11,14H,12-13H2,1-2H3,(H,21,22,23);2-6H2,1H3. The zero-order chi connectivity index (χ0) is 21.2. The maximum absolute atomic E-state index is 4.75. The summed E-state index contributed by atoms with van der Waals surface area (Å²) in [6.07, 6.45) is 5.84. The third-order valence-electron chi connectivity index (χ3n) is 5.33. The number of likely N-dealkylation sites (tertiary alicyclic amines) is 1. The summed E-state index contributed by atoms with van der Waals surface area (Å²) in [6, 6.07) is 20.9. The minimum Gasteiger partial charge on any atom is -0.373 e. The smallest absolute Gasteiger partial charge is 0.135 e. The Morgan fingerprint density at radius 1 is 0.833 bits per heavy atom. The van der Waals surface area contributed by atoms with E-state index in [1.807, 2.05) is 31.3 Å². The van der Waals surface area contributed by atoms with Gasteiger partial charge < -0.3 is 10.2 Å². The molecular formula is C26H34N4. The van der Waals surface area contributed by atoms with Gasteiger partial charge in [-0.05, 0) is 51.0 Å². The van der Waals surface area contributed by atoms with Gasteiger partial charge in [-0.25, -0.2) is 9.97 Å². The van der Waals surface area contributed by atoms with Gasteiger partial charge in [0.2, 0.25) is 0 Å². The highest BCUT2D eigenvalue weighted by atomic mass is 15.1. The second-order valence-electron chi connectivity index (χ2n) is 8.10. The van der Waals surface area contributed by atoms with E-state index in [1.54, 1.807) is 0 Å². The molecule has 4 rings (SSSR count). The Labute approximate surface area is 181 Å². The van der Waals surface area contributed by atoms with Gasteiger partial charge in [-0.15, -0.1) is 0 Å². The highest BCUT2D eigenvalue weighted by Crippen LogP contribution is 2.15. The molecule has 1 fully saturated rings. The van der Waals surface area contributed by atoms with E-state index < -0.39 is 0 Å². The second kappa shape index (κ2) is 11.5. The molecule has 0 aliphatic carbocycles. The Morgan fingerprint density at radius 2 is 1.57 bits per heavy atom. The largest absolute Gasteiger partial charge is 0.373 e. The van der Waals surface area contributed by atoms with E-state index in [1.165, 1.54) is 49.0 Å². The first kappa shape index (κ1) is 22.0. The van der Waals surface area contributed by atoms with E-state index in [-0.39, 0.29) is 0 Å². The second-order valence-corrected chi connectivity index (χ2v) is 8.10. The van der Waals surface area contributed by atoms with E-state index in [0.717, 1.165) is 30.2 Å². The molecule has 0 bridgehead atoms. The Bertz CT molecular complexity index is 902. The molecule has 0 spiro atoms. The van der Waals surface area contributed by atoms with Crippen molar-refractivity contribution in [3.63, 3.8) is 0 Å². The molecule has 30 heavy (non-hydrogen) atoms. The number of hydrogen-bond acceptors (Lipinski definition) is 4. The number of piperidine rings is 1.